The average molecular weight is 512 g/mol. The minimum absolute atomic E-state index is 0.0564. The number of ether oxygens (including phenoxy) is 2. The molecule has 192 valence electrons. The Labute approximate surface area is 210 Å². The number of esters is 1. The van der Waals surface area contributed by atoms with E-state index in [1.807, 2.05) is 36.4 Å². The van der Waals surface area contributed by atoms with Gasteiger partial charge in [-0.25, -0.2) is 4.79 Å². The molecule has 0 saturated carbocycles. The van der Waals surface area contributed by atoms with Crippen LogP contribution >= 0.6 is 0 Å². The van der Waals surface area contributed by atoms with Crippen molar-refractivity contribution >= 4 is 5.97 Å². The molecule has 0 atom stereocenters. The number of aromatic hydroxyl groups is 1. The second-order valence-electron chi connectivity index (χ2n) is 9.12. The molecule has 0 amide bonds. The van der Waals surface area contributed by atoms with Crippen molar-refractivity contribution in [1.29, 1.82) is 0 Å². The number of aromatic nitrogens is 4. The van der Waals surface area contributed by atoms with E-state index in [0.717, 1.165) is 22.8 Å². The summed E-state index contributed by atoms with van der Waals surface area (Å²) in [6, 6.07) is 16.4. The van der Waals surface area contributed by atoms with Crippen molar-refractivity contribution in [3.8, 4) is 34.0 Å². The molecule has 0 spiro atoms. The second kappa shape index (κ2) is 9.92. The predicted octanol–water partition coefficient (Wildman–Crippen LogP) is 5.79. The summed E-state index contributed by atoms with van der Waals surface area (Å²) in [5, 5.41) is 24.1. The summed E-state index contributed by atoms with van der Waals surface area (Å²) >= 11 is 0. The van der Waals surface area contributed by atoms with Gasteiger partial charge in [-0.3, -0.25) is 0 Å². The van der Waals surface area contributed by atoms with E-state index in [0.29, 0.717) is 17.6 Å². The van der Waals surface area contributed by atoms with E-state index in [1.165, 1.54) is 0 Å². The predicted molar refractivity (Wildman–Crippen MR) is 128 cm³/mol. The van der Waals surface area contributed by atoms with Crippen LogP contribution in [0.25, 0.3) is 22.5 Å². The number of hydrogen-bond acceptors (Lipinski definition) is 7. The number of alkyl halides is 3. The topological polar surface area (TPSA) is 110 Å². The molecule has 0 fully saturated rings. The summed E-state index contributed by atoms with van der Waals surface area (Å²) in [5.74, 6) is -1.37. The number of halogens is 3. The number of tetrazole rings is 1. The quantitative estimate of drug-likeness (QED) is 0.315. The van der Waals surface area contributed by atoms with Crippen molar-refractivity contribution in [2.24, 2.45) is 0 Å². The van der Waals surface area contributed by atoms with Crippen LogP contribution in [-0.4, -0.2) is 37.3 Å². The molecule has 0 aliphatic rings. The van der Waals surface area contributed by atoms with Gasteiger partial charge in [-0.2, -0.15) is 18.4 Å². The molecule has 4 rings (SSSR count). The van der Waals surface area contributed by atoms with Crippen LogP contribution in [0.4, 0.5) is 13.2 Å². The first-order valence-electron chi connectivity index (χ1n) is 11.1. The van der Waals surface area contributed by atoms with Crippen LogP contribution in [0.1, 0.15) is 42.3 Å². The zero-order chi connectivity index (χ0) is 26.8. The van der Waals surface area contributed by atoms with Crippen molar-refractivity contribution in [2.75, 3.05) is 0 Å². The van der Waals surface area contributed by atoms with Crippen LogP contribution in [0.15, 0.2) is 60.7 Å². The van der Waals surface area contributed by atoms with Crippen LogP contribution in [0.3, 0.4) is 0 Å². The van der Waals surface area contributed by atoms with Crippen molar-refractivity contribution in [1.82, 2.24) is 20.6 Å². The number of aromatic amines is 1. The highest BCUT2D eigenvalue weighted by Crippen LogP contribution is 2.39. The highest BCUT2D eigenvalue weighted by Gasteiger charge is 2.37. The van der Waals surface area contributed by atoms with E-state index in [2.05, 4.69) is 20.6 Å². The van der Waals surface area contributed by atoms with Gasteiger partial charge in [-0.15, -0.1) is 10.2 Å². The molecule has 3 aromatic carbocycles. The number of carbonyl (C=O) groups is 1. The van der Waals surface area contributed by atoms with Gasteiger partial charge in [-0.05, 0) is 55.3 Å². The molecule has 11 heteroatoms. The lowest BCUT2D eigenvalue weighted by Crippen LogP contribution is -2.25. The normalized spacial score (nSPS) is 11.8. The fraction of sp³-hybridized carbons (Fsp3) is 0.231. The standard InChI is InChI=1S/C26H23F3N4O4/c1-25(2,3)37-24(35)21-18(10-13-20(22(21)34)26(27,28)29)14-36-19-11-8-16(9-12-19)15-4-6-17(7-5-15)23-30-32-33-31-23/h4-13,34H,14H2,1-3H3,(H,30,31,32,33). The van der Waals surface area contributed by atoms with Crippen molar-refractivity contribution in [2.45, 2.75) is 39.2 Å². The van der Waals surface area contributed by atoms with Gasteiger partial charge in [0.15, 0.2) is 0 Å². The fourth-order valence-corrected chi connectivity index (χ4v) is 3.54. The Bertz CT molecular complexity index is 1380. The fourth-order valence-electron chi connectivity index (χ4n) is 3.54. The zero-order valence-corrected chi connectivity index (χ0v) is 20.1. The largest absolute Gasteiger partial charge is 0.506 e. The minimum Gasteiger partial charge on any atom is -0.506 e. The van der Waals surface area contributed by atoms with Crippen molar-refractivity contribution < 1.29 is 32.5 Å². The number of phenolic OH excluding ortho intramolecular Hbond substituents is 1. The molecule has 4 aromatic rings. The number of H-pyrrole nitrogens is 1. The maximum Gasteiger partial charge on any atom is 0.419 e. The summed E-state index contributed by atoms with van der Waals surface area (Å²) in [4.78, 5) is 12.7. The number of rotatable bonds is 6. The van der Waals surface area contributed by atoms with Crippen molar-refractivity contribution in [3.63, 3.8) is 0 Å². The third-order valence-corrected chi connectivity index (χ3v) is 5.24. The van der Waals surface area contributed by atoms with Gasteiger partial charge in [0.2, 0.25) is 5.82 Å². The lowest BCUT2D eigenvalue weighted by atomic mass is 10.0. The lowest BCUT2D eigenvalue weighted by molar-refractivity contribution is -0.138. The molecule has 0 unspecified atom stereocenters. The molecule has 0 saturated heterocycles. The van der Waals surface area contributed by atoms with Crippen LogP contribution in [-0.2, 0) is 17.5 Å². The Morgan fingerprint density at radius 1 is 0.919 bits per heavy atom. The number of nitrogens with one attached hydrogen (secondary N) is 1. The van der Waals surface area contributed by atoms with E-state index in [1.54, 1.807) is 32.9 Å². The maximum absolute atomic E-state index is 13.3. The highest BCUT2D eigenvalue weighted by molar-refractivity contribution is 5.95. The molecular formula is C26H23F3N4O4. The number of nitrogens with zero attached hydrogens (tertiary/aromatic N) is 3. The summed E-state index contributed by atoms with van der Waals surface area (Å²) in [6.07, 6.45) is -4.85. The van der Waals surface area contributed by atoms with Gasteiger partial charge in [-0.1, -0.05) is 42.5 Å². The molecule has 0 radical (unpaired) electrons. The zero-order valence-electron chi connectivity index (χ0n) is 20.1. The second-order valence-corrected chi connectivity index (χ2v) is 9.12. The lowest BCUT2D eigenvalue weighted by Gasteiger charge is -2.22. The third kappa shape index (κ3) is 6.05. The number of carbonyl (C=O) groups excluding carboxylic acids is 1. The van der Waals surface area contributed by atoms with Gasteiger partial charge in [0, 0.05) is 11.1 Å². The molecule has 37 heavy (non-hydrogen) atoms. The van der Waals surface area contributed by atoms with E-state index in [4.69, 9.17) is 9.47 Å². The van der Waals surface area contributed by atoms with Crippen LogP contribution < -0.4 is 4.74 Å². The molecule has 1 aromatic heterocycles. The molecule has 8 nitrogen and oxygen atoms in total. The first kappa shape index (κ1) is 25.7. The Morgan fingerprint density at radius 2 is 1.51 bits per heavy atom. The Balaban J connectivity index is 1.53. The summed E-state index contributed by atoms with van der Waals surface area (Å²) < 4.78 is 50.9. The van der Waals surface area contributed by atoms with Gasteiger partial charge >= 0.3 is 12.1 Å². The van der Waals surface area contributed by atoms with Gasteiger partial charge < -0.3 is 14.6 Å². The van der Waals surface area contributed by atoms with E-state index in [-0.39, 0.29) is 12.2 Å². The molecule has 0 aliphatic heterocycles. The summed E-state index contributed by atoms with van der Waals surface area (Å²) in [7, 11) is 0. The van der Waals surface area contributed by atoms with E-state index in [9.17, 15) is 23.1 Å². The monoisotopic (exact) mass is 512 g/mol. The van der Waals surface area contributed by atoms with Gasteiger partial charge in [0.1, 0.15) is 29.3 Å². The average Bonchev–Trinajstić information content (AvgIpc) is 3.36. The summed E-state index contributed by atoms with van der Waals surface area (Å²) in [5.41, 5.74) is -0.198. The van der Waals surface area contributed by atoms with E-state index < -0.39 is 34.6 Å². The SMILES string of the molecule is CC(C)(C)OC(=O)c1c(COc2ccc(-c3ccc(-c4nn[nH]n4)cc3)cc2)ccc(C(F)(F)F)c1O. The maximum atomic E-state index is 13.3. The first-order valence-corrected chi connectivity index (χ1v) is 11.1. The van der Waals surface area contributed by atoms with Gasteiger partial charge in [0.05, 0.1) is 5.56 Å². The first-order chi connectivity index (χ1) is 17.4. The Kier molecular flexibility index (Phi) is 6.88. The molecule has 0 bridgehead atoms. The molecule has 2 N–H and O–H groups in total. The van der Waals surface area contributed by atoms with Crippen LogP contribution in [0, 0.1) is 0 Å². The molecule has 1 heterocycles. The Morgan fingerprint density at radius 3 is 2.05 bits per heavy atom. The molecule has 0 aliphatic carbocycles. The number of phenols is 1. The van der Waals surface area contributed by atoms with Crippen LogP contribution in [0.5, 0.6) is 11.5 Å². The summed E-state index contributed by atoms with van der Waals surface area (Å²) in [6.45, 7) is 4.46. The number of benzene rings is 3. The van der Waals surface area contributed by atoms with E-state index >= 15 is 0 Å². The van der Waals surface area contributed by atoms with Crippen LogP contribution in [0.2, 0.25) is 0 Å². The smallest absolute Gasteiger partial charge is 0.419 e. The highest BCUT2D eigenvalue weighted by atomic mass is 19.4. The minimum atomic E-state index is -4.85. The molecular weight excluding hydrogens is 489 g/mol. The third-order valence-electron chi connectivity index (χ3n) is 5.24. The van der Waals surface area contributed by atoms with Crippen molar-refractivity contribution in [3.05, 3.63) is 77.4 Å². The Hall–Kier alpha value is -4.41. The number of hydrogen-bond donors (Lipinski definition) is 2. The van der Waals surface area contributed by atoms with Gasteiger partial charge in [0.25, 0.3) is 0 Å².